The van der Waals surface area contributed by atoms with Crippen LogP contribution < -0.4 is 10.6 Å². The van der Waals surface area contributed by atoms with Crippen molar-refractivity contribution in [3.63, 3.8) is 0 Å². The van der Waals surface area contributed by atoms with Crippen molar-refractivity contribution in [3.8, 4) is 0 Å². The molecule has 3 rings (SSSR count). The van der Waals surface area contributed by atoms with E-state index in [-0.39, 0.29) is 30.6 Å². The molecule has 2 amide bonds. The topological polar surface area (TPSA) is 61.4 Å². The lowest BCUT2D eigenvalue weighted by Gasteiger charge is -2.33. The quantitative estimate of drug-likeness (QED) is 0.758. The summed E-state index contributed by atoms with van der Waals surface area (Å²) in [7, 11) is 0. The molecule has 0 aliphatic carbocycles. The summed E-state index contributed by atoms with van der Waals surface area (Å²) >= 11 is 0. The lowest BCUT2D eigenvalue weighted by atomic mass is 10.1. The van der Waals surface area contributed by atoms with Crippen molar-refractivity contribution < 1.29 is 14.0 Å². The van der Waals surface area contributed by atoms with Gasteiger partial charge in [-0.3, -0.25) is 14.5 Å². The first kappa shape index (κ1) is 20.7. The molecule has 152 valence electrons. The number of benzene rings is 2. The maximum atomic E-state index is 13.6. The largest absolute Gasteiger partial charge is 0.353 e. The third-order valence-corrected chi connectivity index (χ3v) is 5.00. The van der Waals surface area contributed by atoms with Gasteiger partial charge in [-0.25, -0.2) is 4.39 Å². The number of aryl methyl sites for hydroxylation is 1. The third-order valence-electron chi connectivity index (χ3n) is 5.00. The molecule has 0 saturated carbocycles. The summed E-state index contributed by atoms with van der Waals surface area (Å²) in [6.45, 7) is 3.77. The zero-order chi connectivity index (χ0) is 20.6. The Bertz CT molecular complexity index is 883. The van der Waals surface area contributed by atoms with E-state index in [1.807, 2.05) is 47.4 Å². The van der Waals surface area contributed by atoms with Crippen LogP contribution in [0.4, 0.5) is 4.39 Å². The predicted molar refractivity (Wildman–Crippen MR) is 111 cm³/mol. The normalized spacial score (nSPS) is 17.3. The Morgan fingerprint density at radius 1 is 1.28 bits per heavy atom. The van der Waals surface area contributed by atoms with E-state index in [0.29, 0.717) is 30.8 Å². The number of carbonyl (C=O) groups is 2. The van der Waals surface area contributed by atoms with Crippen LogP contribution in [0.2, 0.25) is 0 Å². The number of carbonyl (C=O) groups excluding carboxylic acids is 2. The zero-order valence-corrected chi connectivity index (χ0v) is 16.5. The molecule has 6 heteroatoms. The van der Waals surface area contributed by atoms with E-state index in [2.05, 4.69) is 10.6 Å². The number of amides is 2. The maximum absolute atomic E-state index is 13.6. The van der Waals surface area contributed by atoms with Crippen molar-refractivity contribution in [3.05, 3.63) is 77.1 Å². The van der Waals surface area contributed by atoms with E-state index in [1.54, 1.807) is 19.1 Å². The van der Waals surface area contributed by atoms with Gasteiger partial charge in [-0.1, -0.05) is 54.6 Å². The highest BCUT2D eigenvalue weighted by atomic mass is 19.1. The smallest absolute Gasteiger partial charge is 0.237 e. The summed E-state index contributed by atoms with van der Waals surface area (Å²) in [5, 5.41) is 5.61. The van der Waals surface area contributed by atoms with E-state index in [9.17, 15) is 14.0 Å². The molecule has 0 bridgehead atoms. The molecule has 0 spiro atoms. The molecule has 1 unspecified atom stereocenters. The highest BCUT2D eigenvalue weighted by Gasteiger charge is 2.30. The Balaban J connectivity index is 1.55. The SMILES string of the molecule is Cc1ccc(CNC(=O)CC2C(=O)NCCN2C/C=C/c2ccccc2)cc1F. The number of rotatable bonds is 7. The molecule has 1 saturated heterocycles. The molecular weight excluding hydrogens is 369 g/mol. The number of nitrogens with one attached hydrogen (secondary N) is 2. The van der Waals surface area contributed by atoms with Gasteiger partial charge in [0.05, 0.1) is 12.5 Å². The van der Waals surface area contributed by atoms with Crippen LogP contribution in [0.15, 0.2) is 54.6 Å². The highest BCUT2D eigenvalue weighted by Crippen LogP contribution is 2.12. The molecule has 1 fully saturated rings. The molecule has 1 aliphatic rings. The van der Waals surface area contributed by atoms with Gasteiger partial charge in [-0.2, -0.15) is 0 Å². The fourth-order valence-electron chi connectivity index (χ4n) is 3.29. The first-order valence-electron chi connectivity index (χ1n) is 9.78. The maximum Gasteiger partial charge on any atom is 0.237 e. The van der Waals surface area contributed by atoms with Crippen LogP contribution >= 0.6 is 0 Å². The van der Waals surface area contributed by atoms with Crippen molar-refractivity contribution in [1.29, 1.82) is 0 Å². The van der Waals surface area contributed by atoms with Crippen molar-refractivity contribution in [2.24, 2.45) is 0 Å². The summed E-state index contributed by atoms with van der Waals surface area (Å²) < 4.78 is 13.6. The van der Waals surface area contributed by atoms with Gasteiger partial charge in [0.1, 0.15) is 5.82 Å². The Kier molecular flexibility index (Phi) is 7.14. The first-order valence-corrected chi connectivity index (χ1v) is 9.78. The monoisotopic (exact) mass is 395 g/mol. The molecule has 1 heterocycles. The minimum Gasteiger partial charge on any atom is -0.353 e. The number of nitrogens with zero attached hydrogens (tertiary/aromatic N) is 1. The third kappa shape index (κ3) is 5.99. The molecule has 0 aromatic heterocycles. The van der Waals surface area contributed by atoms with E-state index >= 15 is 0 Å². The summed E-state index contributed by atoms with van der Waals surface area (Å²) in [5.41, 5.74) is 2.35. The van der Waals surface area contributed by atoms with Gasteiger partial charge < -0.3 is 10.6 Å². The number of piperazine rings is 1. The van der Waals surface area contributed by atoms with Crippen LogP contribution in [0, 0.1) is 12.7 Å². The standard InChI is InChI=1S/C23H26FN3O2/c1-17-9-10-19(14-20(17)24)16-26-22(28)15-21-23(29)25-11-13-27(21)12-5-8-18-6-3-2-4-7-18/h2-10,14,21H,11-13,15-16H2,1H3,(H,25,29)(H,26,28)/b8-5+. The van der Waals surface area contributed by atoms with Crippen molar-refractivity contribution in [2.75, 3.05) is 19.6 Å². The summed E-state index contributed by atoms with van der Waals surface area (Å²) in [4.78, 5) is 26.7. The van der Waals surface area contributed by atoms with Crippen LogP contribution in [-0.4, -0.2) is 42.4 Å². The predicted octanol–water partition coefficient (Wildman–Crippen LogP) is 2.65. The van der Waals surface area contributed by atoms with Gasteiger partial charge in [-0.15, -0.1) is 0 Å². The van der Waals surface area contributed by atoms with E-state index < -0.39 is 6.04 Å². The molecular formula is C23H26FN3O2. The average Bonchev–Trinajstić information content (AvgIpc) is 2.72. The number of halogens is 1. The van der Waals surface area contributed by atoms with Crippen molar-refractivity contribution >= 4 is 17.9 Å². The molecule has 29 heavy (non-hydrogen) atoms. The van der Waals surface area contributed by atoms with E-state index in [0.717, 1.165) is 5.56 Å². The van der Waals surface area contributed by atoms with Crippen molar-refractivity contribution in [2.45, 2.75) is 25.9 Å². The minimum absolute atomic E-state index is 0.0688. The van der Waals surface area contributed by atoms with E-state index in [1.165, 1.54) is 6.07 Å². The number of hydrogen-bond acceptors (Lipinski definition) is 3. The fraction of sp³-hybridized carbons (Fsp3) is 0.304. The lowest BCUT2D eigenvalue weighted by molar-refractivity contribution is -0.133. The van der Waals surface area contributed by atoms with E-state index in [4.69, 9.17) is 0 Å². The van der Waals surface area contributed by atoms with Crippen LogP contribution in [0.5, 0.6) is 0 Å². The van der Waals surface area contributed by atoms with Crippen LogP contribution in [0.25, 0.3) is 6.08 Å². The highest BCUT2D eigenvalue weighted by molar-refractivity contribution is 5.88. The van der Waals surface area contributed by atoms with Gasteiger partial charge in [-0.05, 0) is 29.7 Å². The van der Waals surface area contributed by atoms with Gasteiger partial charge in [0.25, 0.3) is 0 Å². The molecule has 2 aromatic carbocycles. The van der Waals surface area contributed by atoms with Crippen LogP contribution in [-0.2, 0) is 16.1 Å². The molecule has 1 atom stereocenters. The second-order valence-corrected chi connectivity index (χ2v) is 7.18. The Morgan fingerprint density at radius 2 is 2.07 bits per heavy atom. The van der Waals surface area contributed by atoms with Gasteiger partial charge in [0.2, 0.25) is 11.8 Å². The van der Waals surface area contributed by atoms with Gasteiger partial charge in [0.15, 0.2) is 0 Å². The van der Waals surface area contributed by atoms with Gasteiger partial charge >= 0.3 is 0 Å². The molecule has 2 N–H and O–H groups in total. The first-order chi connectivity index (χ1) is 14.0. The summed E-state index contributed by atoms with van der Waals surface area (Å²) in [6, 6.07) is 14.3. The van der Waals surface area contributed by atoms with Crippen molar-refractivity contribution in [1.82, 2.24) is 15.5 Å². The second kappa shape index (κ2) is 9.98. The molecule has 5 nitrogen and oxygen atoms in total. The molecule has 0 radical (unpaired) electrons. The second-order valence-electron chi connectivity index (χ2n) is 7.18. The Hall–Kier alpha value is -2.99. The summed E-state index contributed by atoms with van der Waals surface area (Å²) in [6.07, 6.45) is 4.09. The van der Waals surface area contributed by atoms with Crippen LogP contribution in [0.1, 0.15) is 23.1 Å². The molecule has 1 aliphatic heterocycles. The zero-order valence-electron chi connectivity index (χ0n) is 16.5. The Labute approximate surface area is 170 Å². The molecule has 2 aromatic rings. The number of hydrogen-bond donors (Lipinski definition) is 2. The van der Waals surface area contributed by atoms with Crippen LogP contribution in [0.3, 0.4) is 0 Å². The average molecular weight is 395 g/mol. The fourth-order valence-corrected chi connectivity index (χ4v) is 3.29. The lowest BCUT2D eigenvalue weighted by Crippen LogP contribution is -2.56. The Morgan fingerprint density at radius 3 is 2.83 bits per heavy atom. The van der Waals surface area contributed by atoms with Gasteiger partial charge in [0, 0.05) is 26.2 Å². The summed E-state index contributed by atoms with van der Waals surface area (Å²) in [5.74, 6) is -0.661. The minimum atomic E-state index is -0.515.